The predicted molar refractivity (Wildman–Crippen MR) is 44.2 cm³/mol. The van der Waals surface area contributed by atoms with Crippen LogP contribution in [0.5, 0.6) is 0 Å². The minimum atomic E-state index is -0.489. The summed E-state index contributed by atoms with van der Waals surface area (Å²) in [5.74, 6) is -0.0576. The van der Waals surface area contributed by atoms with Crippen LogP contribution >= 0.6 is 0 Å². The Kier molecular flexibility index (Phi) is 1.43. The Morgan fingerprint density at radius 3 is 2.87 bits per heavy atom. The SMILES string of the molecule is O=C1N=Nc2cnc(-c3ncon3)nc21. The molecule has 0 saturated carbocycles. The normalized spacial score (nSPS) is 13.2. The number of carbonyl (C=O) groups is 1. The highest BCUT2D eigenvalue weighted by atomic mass is 16.5. The Bertz CT molecular complexity index is 561. The number of aromatic nitrogens is 4. The van der Waals surface area contributed by atoms with Crippen molar-refractivity contribution >= 4 is 11.6 Å². The van der Waals surface area contributed by atoms with E-state index in [1.54, 1.807) is 0 Å². The maximum absolute atomic E-state index is 11.2. The van der Waals surface area contributed by atoms with E-state index >= 15 is 0 Å². The third kappa shape index (κ3) is 1.11. The largest absolute Gasteiger partial charge is 0.342 e. The van der Waals surface area contributed by atoms with Gasteiger partial charge in [-0.05, 0) is 0 Å². The van der Waals surface area contributed by atoms with Crippen molar-refractivity contribution in [1.82, 2.24) is 20.1 Å². The molecule has 72 valence electrons. The number of amides is 1. The quantitative estimate of drug-likeness (QED) is 0.675. The maximum atomic E-state index is 11.2. The van der Waals surface area contributed by atoms with E-state index in [0.29, 0.717) is 5.69 Å². The van der Waals surface area contributed by atoms with Crippen molar-refractivity contribution in [2.75, 3.05) is 0 Å². The van der Waals surface area contributed by atoms with Crippen molar-refractivity contribution < 1.29 is 9.32 Å². The second-order valence-electron chi connectivity index (χ2n) is 2.69. The van der Waals surface area contributed by atoms with Crippen molar-refractivity contribution in [3.05, 3.63) is 18.3 Å². The zero-order valence-corrected chi connectivity index (χ0v) is 7.15. The van der Waals surface area contributed by atoms with E-state index in [1.807, 2.05) is 0 Å². The van der Waals surface area contributed by atoms with Gasteiger partial charge in [-0.1, -0.05) is 5.16 Å². The van der Waals surface area contributed by atoms with Crippen molar-refractivity contribution in [1.29, 1.82) is 0 Å². The lowest BCUT2D eigenvalue weighted by molar-refractivity contribution is 0.0998. The Labute approximate surface area is 82.1 Å². The fraction of sp³-hybridized carbons (Fsp3) is 0. The summed E-state index contributed by atoms with van der Waals surface area (Å²) in [6.45, 7) is 0. The lowest BCUT2D eigenvalue weighted by Crippen LogP contribution is -1.98. The number of fused-ring (bicyclic) bond motifs is 1. The van der Waals surface area contributed by atoms with Crippen LogP contribution in [-0.4, -0.2) is 26.0 Å². The third-order valence-electron chi connectivity index (χ3n) is 1.78. The van der Waals surface area contributed by atoms with Gasteiger partial charge in [0.2, 0.25) is 18.0 Å². The monoisotopic (exact) mass is 202 g/mol. The highest BCUT2D eigenvalue weighted by molar-refractivity contribution is 5.99. The molecule has 0 radical (unpaired) electrons. The van der Waals surface area contributed by atoms with Gasteiger partial charge in [-0.2, -0.15) is 4.98 Å². The molecule has 0 aliphatic carbocycles. The number of carbonyl (C=O) groups excluding carboxylic acids is 1. The molecule has 0 fully saturated rings. The first-order valence-electron chi connectivity index (χ1n) is 3.94. The third-order valence-corrected chi connectivity index (χ3v) is 1.78. The van der Waals surface area contributed by atoms with Crippen LogP contribution in [0.2, 0.25) is 0 Å². The van der Waals surface area contributed by atoms with Crippen LogP contribution in [0, 0.1) is 0 Å². The van der Waals surface area contributed by atoms with Gasteiger partial charge in [0.25, 0.3) is 0 Å². The van der Waals surface area contributed by atoms with Gasteiger partial charge in [-0.25, -0.2) is 9.97 Å². The lowest BCUT2D eigenvalue weighted by Gasteiger charge is -1.94. The average Bonchev–Trinajstić information content (AvgIpc) is 2.88. The molecule has 0 saturated heterocycles. The Balaban J connectivity index is 2.15. The summed E-state index contributed by atoms with van der Waals surface area (Å²) in [6, 6.07) is 0. The molecule has 1 amide bonds. The van der Waals surface area contributed by atoms with E-state index < -0.39 is 5.91 Å². The van der Waals surface area contributed by atoms with Crippen molar-refractivity contribution in [2.24, 2.45) is 10.2 Å². The summed E-state index contributed by atoms with van der Waals surface area (Å²) in [4.78, 5) is 22.8. The molecule has 2 aromatic heterocycles. The number of hydrogen-bond donors (Lipinski definition) is 0. The molecule has 0 unspecified atom stereocenters. The maximum Gasteiger partial charge on any atom is 0.316 e. The standard InChI is InChI=1S/C7H2N6O2/c14-7-4-3(11-12-7)1-8-5(10-4)6-9-2-15-13-6/h1-2H. The molecular formula is C7H2N6O2. The van der Waals surface area contributed by atoms with Gasteiger partial charge < -0.3 is 4.52 Å². The Morgan fingerprint density at radius 2 is 2.07 bits per heavy atom. The Morgan fingerprint density at radius 1 is 1.13 bits per heavy atom. The van der Waals surface area contributed by atoms with E-state index in [-0.39, 0.29) is 17.3 Å². The topological polar surface area (TPSA) is 106 Å². The lowest BCUT2D eigenvalue weighted by atomic mass is 10.3. The summed E-state index contributed by atoms with van der Waals surface area (Å²) >= 11 is 0. The van der Waals surface area contributed by atoms with Gasteiger partial charge in [0.1, 0.15) is 5.69 Å². The molecule has 0 aromatic carbocycles. The molecule has 1 aliphatic heterocycles. The molecule has 2 aromatic rings. The molecule has 1 aliphatic rings. The van der Waals surface area contributed by atoms with Crippen molar-refractivity contribution in [3.8, 4) is 11.6 Å². The highest BCUT2D eigenvalue weighted by Crippen LogP contribution is 2.25. The minimum Gasteiger partial charge on any atom is -0.342 e. The fourth-order valence-corrected chi connectivity index (χ4v) is 1.13. The van der Waals surface area contributed by atoms with Crippen LogP contribution in [0.3, 0.4) is 0 Å². The predicted octanol–water partition coefficient (Wildman–Crippen LogP) is 0.764. The van der Waals surface area contributed by atoms with Crippen LogP contribution in [0.25, 0.3) is 11.6 Å². The van der Waals surface area contributed by atoms with Crippen LogP contribution in [0.1, 0.15) is 10.5 Å². The second-order valence-corrected chi connectivity index (χ2v) is 2.69. The number of nitrogens with zero attached hydrogens (tertiary/aromatic N) is 6. The smallest absolute Gasteiger partial charge is 0.316 e. The molecule has 15 heavy (non-hydrogen) atoms. The minimum absolute atomic E-state index is 0.157. The molecule has 3 rings (SSSR count). The van der Waals surface area contributed by atoms with E-state index in [9.17, 15) is 4.79 Å². The van der Waals surface area contributed by atoms with E-state index in [2.05, 4.69) is 34.9 Å². The molecule has 0 bridgehead atoms. The molecule has 3 heterocycles. The van der Waals surface area contributed by atoms with Gasteiger partial charge in [0, 0.05) is 0 Å². The Hall–Kier alpha value is -2.51. The summed E-state index contributed by atoms with van der Waals surface area (Å²) in [6.07, 6.45) is 2.55. The zero-order valence-electron chi connectivity index (χ0n) is 7.15. The first-order valence-corrected chi connectivity index (χ1v) is 3.94. The van der Waals surface area contributed by atoms with Crippen molar-refractivity contribution in [2.45, 2.75) is 0 Å². The number of azo groups is 1. The van der Waals surface area contributed by atoms with Crippen LogP contribution in [-0.2, 0) is 0 Å². The number of rotatable bonds is 1. The van der Waals surface area contributed by atoms with E-state index in [0.717, 1.165) is 6.39 Å². The zero-order chi connectivity index (χ0) is 10.3. The molecule has 8 heteroatoms. The first-order chi connectivity index (χ1) is 7.34. The second kappa shape index (κ2) is 2.74. The molecule has 8 nitrogen and oxygen atoms in total. The van der Waals surface area contributed by atoms with E-state index in [4.69, 9.17) is 0 Å². The van der Waals surface area contributed by atoms with Crippen molar-refractivity contribution in [3.63, 3.8) is 0 Å². The molecule has 0 spiro atoms. The van der Waals surface area contributed by atoms with Gasteiger partial charge >= 0.3 is 5.91 Å². The summed E-state index contributed by atoms with van der Waals surface area (Å²) in [5.41, 5.74) is 0.511. The summed E-state index contributed by atoms with van der Waals surface area (Å²) in [5, 5.41) is 10.5. The van der Waals surface area contributed by atoms with Gasteiger partial charge in [0.05, 0.1) is 6.20 Å². The average molecular weight is 202 g/mol. The van der Waals surface area contributed by atoms with Gasteiger partial charge in [-0.3, -0.25) is 4.79 Å². The number of hydrogen-bond acceptors (Lipinski definition) is 7. The van der Waals surface area contributed by atoms with Gasteiger partial charge in [-0.15, -0.1) is 10.2 Å². The summed E-state index contributed by atoms with van der Waals surface area (Å²) < 4.78 is 4.54. The molecular weight excluding hydrogens is 200 g/mol. The highest BCUT2D eigenvalue weighted by Gasteiger charge is 2.21. The van der Waals surface area contributed by atoms with Gasteiger partial charge in [0.15, 0.2) is 5.69 Å². The molecule has 0 atom stereocenters. The van der Waals surface area contributed by atoms with E-state index in [1.165, 1.54) is 6.20 Å². The summed E-state index contributed by atoms with van der Waals surface area (Å²) in [7, 11) is 0. The molecule has 0 N–H and O–H groups in total. The fourth-order valence-electron chi connectivity index (χ4n) is 1.13. The first kappa shape index (κ1) is 7.85. The van der Waals surface area contributed by atoms with Crippen LogP contribution in [0.4, 0.5) is 5.69 Å². The van der Waals surface area contributed by atoms with Crippen LogP contribution < -0.4 is 0 Å². The van der Waals surface area contributed by atoms with Crippen LogP contribution in [0.15, 0.2) is 27.3 Å².